The SMILES string of the molecule is O=C(CC1CCOc2ccccc21)c1cccc(Cl)c1F. The lowest BCUT2D eigenvalue weighted by Crippen LogP contribution is -2.17. The van der Waals surface area contributed by atoms with Crippen molar-refractivity contribution >= 4 is 17.4 Å². The predicted octanol–water partition coefficient (Wildman–Crippen LogP) is 4.62. The van der Waals surface area contributed by atoms with E-state index in [-0.39, 0.29) is 28.7 Å². The second-order valence-corrected chi connectivity index (χ2v) is 5.51. The lowest BCUT2D eigenvalue weighted by atomic mass is 9.87. The van der Waals surface area contributed by atoms with Crippen molar-refractivity contribution in [3.63, 3.8) is 0 Å². The molecule has 1 heterocycles. The maximum atomic E-state index is 13.9. The molecule has 0 saturated carbocycles. The third-order valence-corrected chi connectivity index (χ3v) is 4.06. The Balaban J connectivity index is 1.85. The quantitative estimate of drug-likeness (QED) is 0.774. The highest BCUT2D eigenvalue weighted by Crippen LogP contribution is 2.36. The van der Waals surface area contributed by atoms with E-state index in [1.807, 2.05) is 24.3 Å². The largest absolute Gasteiger partial charge is 0.493 e. The van der Waals surface area contributed by atoms with Crippen molar-refractivity contribution < 1.29 is 13.9 Å². The number of ether oxygens (including phenoxy) is 1. The third kappa shape index (κ3) is 2.79. The minimum atomic E-state index is -0.635. The fourth-order valence-corrected chi connectivity index (χ4v) is 2.86. The number of rotatable bonds is 3. The smallest absolute Gasteiger partial charge is 0.166 e. The van der Waals surface area contributed by atoms with Gasteiger partial charge in [-0.1, -0.05) is 35.9 Å². The summed E-state index contributed by atoms with van der Waals surface area (Å²) < 4.78 is 19.5. The number of hydrogen-bond donors (Lipinski definition) is 0. The lowest BCUT2D eigenvalue weighted by molar-refractivity contribution is 0.0962. The predicted molar refractivity (Wildman–Crippen MR) is 79.7 cm³/mol. The molecule has 0 aromatic heterocycles. The van der Waals surface area contributed by atoms with Gasteiger partial charge in [0.1, 0.15) is 5.75 Å². The first-order valence-electron chi connectivity index (χ1n) is 6.85. The number of benzene rings is 2. The number of carbonyl (C=O) groups excluding carboxylic acids is 1. The van der Waals surface area contributed by atoms with Crippen molar-refractivity contribution in [2.75, 3.05) is 6.61 Å². The number of fused-ring (bicyclic) bond motifs is 1. The summed E-state index contributed by atoms with van der Waals surface area (Å²) in [6.45, 7) is 0.576. The highest BCUT2D eigenvalue weighted by atomic mass is 35.5. The molecule has 21 heavy (non-hydrogen) atoms. The molecule has 0 radical (unpaired) electrons. The van der Waals surface area contributed by atoms with Gasteiger partial charge in [0.05, 0.1) is 17.2 Å². The molecule has 0 saturated heterocycles. The molecular formula is C17H14ClFO2. The van der Waals surface area contributed by atoms with Gasteiger partial charge < -0.3 is 4.74 Å². The molecule has 2 aromatic rings. The van der Waals surface area contributed by atoms with E-state index in [0.29, 0.717) is 6.61 Å². The van der Waals surface area contributed by atoms with Crippen LogP contribution < -0.4 is 4.74 Å². The number of para-hydroxylation sites is 1. The summed E-state index contributed by atoms with van der Waals surface area (Å²) in [4.78, 5) is 12.4. The number of ketones is 1. The first-order chi connectivity index (χ1) is 10.2. The molecule has 1 atom stereocenters. The second kappa shape index (κ2) is 5.86. The molecule has 0 bridgehead atoms. The highest BCUT2D eigenvalue weighted by Gasteiger charge is 2.25. The van der Waals surface area contributed by atoms with Crippen LogP contribution in [0.15, 0.2) is 42.5 Å². The van der Waals surface area contributed by atoms with Gasteiger partial charge in [-0.3, -0.25) is 4.79 Å². The van der Waals surface area contributed by atoms with Crippen LogP contribution in [-0.2, 0) is 0 Å². The van der Waals surface area contributed by atoms with Gasteiger partial charge in [-0.25, -0.2) is 4.39 Å². The average molecular weight is 305 g/mol. The van der Waals surface area contributed by atoms with Crippen molar-refractivity contribution in [3.8, 4) is 5.75 Å². The van der Waals surface area contributed by atoms with Crippen LogP contribution in [0.25, 0.3) is 0 Å². The number of carbonyl (C=O) groups is 1. The molecule has 4 heteroatoms. The maximum Gasteiger partial charge on any atom is 0.166 e. The molecule has 0 amide bonds. The van der Waals surface area contributed by atoms with Crippen LogP contribution >= 0.6 is 11.6 Å². The van der Waals surface area contributed by atoms with Gasteiger partial charge in [-0.05, 0) is 36.1 Å². The number of hydrogen-bond acceptors (Lipinski definition) is 2. The highest BCUT2D eigenvalue weighted by molar-refractivity contribution is 6.31. The van der Waals surface area contributed by atoms with Gasteiger partial charge >= 0.3 is 0 Å². The summed E-state index contributed by atoms with van der Waals surface area (Å²) >= 11 is 5.73. The van der Waals surface area contributed by atoms with E-state index in [4.69, 9.17) is 16.3 Å². The molecule has 2 nitrogen and oxygen atoms in total. The van der Waals surface area contributed by atoms with E-state index in [9.17, 15) is 9.18 Å². The Kier molecular flexibility index (Phi) is 3.93. The van der Waals surface area contributed by atoms with Crippen molar-refractivity contribution in [1.29, 1.82) is 0 Å². The van der Waals surface area contributed by atoms with Crippen LogP contribution in [0.1, 0.15) is 34.7 Å². The van der Waals surface area contributed by atoms with E-state index in [0.717, 1.165) is 17.7 Å². The standard InChI is InChI=1S/C17H14ClFO2/c18-14-6-3-5-13(17(14)19)15(20)10-11-8-9-21-16-7-2-1-4-12(11)16/h1-7,11H,8-10H2. The van der Waals surface area contributed by atoms with Crippen LogP contribution in [0.3, 0.4) is 0 Å². The van der Waals surface area contributed by atoms with Crippen LogP contribution in [0.5, 0.6) is 5.75 Å². The second-order valence-electron chi connectivity index (χ2n) is 5.10. The van der Waals surface area contributed by atoms with E-state index in [1.54, 1.807) is 6.07 Å². The van der Waals surface area contributed by atoms with Crippen LogP contribution in [0.4, 0.5) is 4.39 Å². The zero-order chi connectivity index (χ0) is 14.8. The molecule has 1 aliphatic rings. The van der Waals surface area contributed by atoms with E-state index in [1.165, 1.54) is 12.1 Å². The van der Waals surface area contributed by atoms with Gasteiger partial charge in [0.25, 0.3) is 0 Å². The molecule has 108 valence electrons. The van der Waals surface area contributed by atoms with Crippen molar-refractivity contribution in [1.82, 2.24) is 0 Å². The molecule has 2 aromatic carbocycles. The molecule has 0 fully saturated rings. The molecule has 3 rings (SSSR count). The number of halogens is 2. The molecule has 0 spiro atoms. The Bertz CT molecular complexity index is 684. The summed E-state index contributed by atoms with van der Waals surface area (Å²) in [7, 11) is 0. The van der Waals surface area contributed by atoms with Gasteiger partial charge in [-0.2, -0.15) is 0 Å². The van der Waals surface area contributed by atoms with E-state index in [2.05, 4.69) is 0 Å². The topological polar surface area (TPSA) is 26.3 Å². The minimum absolute atomic E-state index is 0.0202. The Labute approximate surface area is 127 Å². The molecular weight excluding hydrogens is 291 g/mol. The summed E-state index contributed by atoms with van der Waals surface area (Å²) in [5.74, 6) is 0.00941. The van der Waals surface area contributed by atoms with Crippen molar-refractivity contribution in [3.05, 3.63) is 64.4 Å². The fourth-order valence-electron chi connectivity index (χ4n) is 2.68. The molecule has 0 aliphatic carbocycles. The van der Waals surface area contributed by atoms with Gasteiger partial charge in [0.15, 0.2) is 11.6 Å². The fraction of sp³-hybridized carbons (Fsp3) is 0.235. The average Bonchev–Trinajstić information content (AvgIpc) is 2.50. The summed E-state index contributed by atoms with van der Waals surface area (Å²) in [6, 6.07) is 12.2. The maximum absolute atomic E-state index is 13.9. The van der Waals surface area contributed by atoms with Gasteiger partial charge in [0.2, 0.25) is 0 Å². The Hall–Kier alpha value is -1.87. The van der Waals surface area contributed by atoms with Crippen molar-refractivity contribution in [2.45, 2.75) is 18.8 Å². The molecule has 0 N–H and O–H groups in total. The zero-order valence-corrected chi connectivity index (χ0v) is 12.1. The number of Topliss-reactive ketones (excluding diaryl/α,β-unsaturated/α-hetero) is 1. The first kappa shape index (κ1) is 14.1. The van der Waals surface area contributed by atoms with Crippen LogP contribution in [0.2, 0.25) is 5.02 Å². The van der Waals surface area contributed by atoms with Crippen molar-refractivity contribution in [2.24, 2.45) is 0 Å². The normalized spacial score (nSPS) is 17.0. The summed E-state index contributed by atoms with van der Waals surface area (Å²) in [5, 5.41) is -0.0202. The van der Waals surface area contributed by atoms with E-state index < -0.39 is 5.82 Å². The van der Waals surface area contributed by atoms with Gasteiger partial charge in [0, 0.05) is 6.42 Å². The molecule has 1 unspecified atom stereocenters. The molecule has 1 aliphatic heterocycles. The summed E-state index contributed by atoms with van der Waals surface area (Å²) in [5.41, 5.74) is 1.08. The monoisotopic (exact) mass is 304 g/mol. The van der Waals surface area contributed by atoms with E-state index >= 15 is 0 Å². The minimum Gasteiger partial charge on any atom is -0.493 e. The zero-order valence-electron chi connectivity index (χ0n) is 11.3. The van der Waals surface area contributed by atoms with Crippen LogP contribution in [-0.4, -0.2) is 12.4 Å². The van der Waals surface area contributed by atoms with Crippen LogP contribution in [0, 0.1) is 5.82 Å². The third-order valence-electron chi connectivity index (χ3n) is 3.77. The lowest BCUT2D eigenvalue weighted by Gasteiger charge is -2.25. The summed E-state index contributed by atoms with van der Waals surface area (Å²) in [6.07, 6.45) is 1.02. The first-order valence-corrected chi connectivity index (χ1v) is 7.23. The Morgan fingerprint density at radius 3 is 2.90 bits per heavy atom. The Morgan fingerprint density at radius 1 is 1.24 bits per heavy atom. The Morgan fingerprint density at radius 2 is 2.05 bits per heavy atom. The van der Waals surface area contributed by atoms with Gasteiger partial charge in [-0.15, -0.1) is 0 Å².